The minimum Gasteiger partial charge on any atom is -0.365 e. The maximum Gasteiger partial charge on any atom is 0.258 e. The third-order valence-electron chi connectivity index (χ3n) is 5.66. The standard InChI is InChI=1S/C20H25N3O3S2/c21-20(24)19-10-18(14-27-19)28(25,26)23-8-3-4-15(12-23)11-22-9-7-16-5-1-2-6-17(16)13-22/h1-2,5-6,10,14-15H,3-4,7-9,11-13H2,(H2,21,24). The lowest BCUT2D eigenvalue weighted by atomic mass is 9.95. The van der Waals surface area contributed by atoms with Crippen LogP contribution in [0.2, 0.25) is 0 Å². The molecule has 1 aromatic carbocycles. The van der Waals surface area contributed by atoms with Gasteiger partial charge in [-0.2, -0.15) is 4.31 Å². The van der Waals surface area contributed by atoms with Crippen molar-refractivity contribution in [3.8, 4) is 0 Å². The highest BCUT2D eigenvalue weighted by Crippen LogP contribution is 2.28. The second-order valence-electron chi connectivity index (χ2n) is 7.64. The van der Waals surface area contributed by atoms with E-state index in [4.69, 9.17) is 5.73 Å². The molecule has 1 fully saturated rings. The summed E-state index contributed by atoms with van der Waals surface area (Å²) in [5, 5.41) is 1.51. The average molecular weight is 420 g/mol. The fraction of sp³-hybridized carbons (Fsp3) is 0.450. The van der Waals surface area contributed by atoms with E-state index in [1.807, 2.05) is 0 Å². The summed E-state index contributed by atoms with van der Waals surface area (Å²) in [6.07, 6.45) is 2.96. The Morgan fingerprint density at radius 2 is 2.00 bits per heavy atom. The van der Waals surface area contributed by atoms with Gasteiger partial charge >= 0.3 is 0 Å². The first-order valence-corrected chi connectivity index (χ1v) is 11.9. The molecule has 2 aliphatic rings. The van der Waals surface area contributed by atoms with Gasteiger partial charge in [-0.15, -0.1) is 11.3 Å². The van der Waals surface area contributed by atoms with Crippen LogP contribution in [0.25, 0.3) is 0 Å². The number of hydrogen-bond donors (Lipinski definition) is 1. The fourth-order valence-electron chi connectivity index (χ4n) is 4.20. The van der Waals surface area contributed by atoms with Crippen LogP contribution in [-0.4, -0.2) is 49.7 Å². The molecule has 2 aromatic rings. The van der Waals surface area contributed by atoms with Gasteiger partial charge in [0.05, 0.1) is 9.77 Å². The molecule has 8 heteroatoms. The summed E-state index contributed by atoms with van der Waals surface area (Å²) in [6, 6.07) is 9.95. The van der Waals surface area contributed by atoms with Crippen LogP contribution < -0.4 is 5.73 Å². The Labute approximate surface area is 170 Å². The summed E-state index contributed by atoms with van der Waals surface area (Å²) >= 11 is 1.08. The Bertz CT molecular complexity index is 971. The summed E-state index contributed by atoms with van der Waals surface area (Å²) < 4.78 is 27.6. The van der Waals surface area contributed by atoms with E-state index in [2.05, 4.69) is 29.2 Å². The quantitative estimate of drug-likeness (QED) is 0.806. The first-order valence-electron chi connectivity index (χ1n) is 9.61. The molecule has 2 N–H and O–H groups in total. The van der Waals surface area contributed by atoms with Crippen LogP contribution in [0.4, 0.5) is 0 Å². The van der Waals surface area contributed by atoms with E-state index in [9.17, 15) is 13.2 Å². The van der Waals surface area contributed by atoms with Crippen LogP contribution in [0.5, 0.6) is 0 Å². The molecular weight excluding hydrogens is 394 g/mol. The molecule has 0 bridgehead atoms. The Hall–Kier alpha value is -1.74. The van der Waals surface area contributed by atoms with E-state index < -0.39 is 15.9 Å². The molecule has 1 amide bonds. The Morgan fingerprint density at radius 3 is 2.75 bits per heavy atom. The molecule has 0 saturated carbocycles. The largest absolute Gasteiger partial charge is 0.365 e. The van der Waals surface area contributed by atoms with Crippen molar-refractivity contribution in [2.24, 2.45) is 11.7 Å². The molecule has 3 heterocycles. The number of hydrogen-bond acceptors (Lipinski definition) is 5. The summed E-state index contributed by atoms with van der Waals surface area (Å²) in [6.45, 7) is 3.93. The highest BCUT2D eigenvalue weighted by atomic mass is 32.2. The van der Waals surface area contributed by atoms with E-state index in [1.54, 1.807) is 4.31 Å². The monoisotopic (exact) mass is 419 g/mol. The number of rotatable bonds is 5. The molecule has 0 aliphatic carbocycles. The molecule has 2 aliphatic heterocycles. The van der Waals surface area contributed by atoms with Gasteiger partial charge in [0.2, 0.25) is 10.0 Å². The predicted octanol–water partition coefficient (Wildman–Crippen LogP) is 2.31. The molecule has 1 unspecified atom stereocenters. The fourth-order valence-corrected chi connectivity index (χ4v) is 6.87. The van der Waals surface area contributed by atoms with Crippen molar-refractivity contribution in [1.29, 1.82) is 0 Å². The first-order chi connectivity index (χ1) is 13.4. The van der Waals surface area contributed by atoms with E-state index >= 15 is 0 Å². The maximum atomic E-state index is 13.0. The van der Waals surface area contributed by atoms with E-state index in [1.165, 1.54) is 22.6 Å². The molecule has 4 rings (SSSR count). The minimum atomic E-state index is -3.58. The molecule has 0 radical (unpaired) electrons. The average Bonchev–Trinajstić information content (AvgIpc) is 3.20. The van der Waals surface area contributed by atoms with Gasteiger partial charge in [-0.1, -0.05) is 24.3 Å². The predicted molar refractivity (Wildman–Crippen MR) is 110 cm³/mol. The number of sulfonamides is 1. The van der Waals surface area contributed by atoms with Gasteiger partial charge < -0.3 is 5.73 Å². The number of nitrogens with two attached hydrogens (primary N) is 1. The van der Waals surface area contributed by atoms with Crippen molar-refractivity contribution < 1.29 is 13.2 Å². The van der Waals surface area contributed by atoms with Crippen molar-refractivity contribution in [2.45, 2.75) is 30.7 Å². The molecule has 1 atom stereocenters. The van der Waals surface area contributed by atoms with Crippen molar-refractivity contribution in [1.82, 2.24) is 9.21 Å². The normalized spacial score (nSPS) is 21.4. The summed E-state index contributed by atoms with van der Waals surface area (Å²) in [4.78, 5) is 14.2. The lowest BCUT2D eigenvalue weighted by Crippen LogP contribution is -2.44. The highest BCUT2D eigenvalue weighted by Gasteiger charge is 2.32. The van der Waals surface area contributed by atoms with E-state index in [-0.39, 0.29) is 9.77 Å². The summed E-state index contributed by atoms with van der Waals surface area (Å²) in [5.41, 5.74) is 8.07. The van der Waals surface area contributed by atoms with Crippen LogP contribution >= 0.6 is 11.3 Å². The SMILES string of the molecule is NC(=O)c1cc(S(=O)(=O)N2CCCC(CN3CCc4ccccc4C3)C2)cs1. The van der Waals surface area contributed by atoms with Gasteiger partial charge in [-0.25, -0.2) is 8.42 Å². The number of carbonyl (C=O) groups excluding carboxylic acids is 1. The lowest BCUT2D eigenvalue weighted by molar-refractivity contribution is 0.100. The molecule has 1 aromatic heterocycles. The van der Waals surface area contributed by atoms with Gasteiger partial charge in [0.25, 0.3) is 5.91 Å². The topological polar surface area (TPSA) is 83.7 Å². The van der Waals surface area contributed by atoms with Crippen LogP contribution in [0.3, 0.4) is 0 Å². The third kappa shape index (κ3) is 4.00. The molecule has 150 valence electrons. The van der Waals surface area contributed by atoms with Gasteiger partial charge in [-0.3, -0.25) is 9.69 Å². The van der Waals surface area contributed by atoms with Crippen LogP contribution in [0.15, 0.2) is 40.6 Å². The minimum absolute atomic E-state index is 0.179. The Balaban J connectivity index is 1.42. The van der Waals surface area contributed by atoms with Crippen LogP contribution in [-0.2, 0) is 23.0 Å². The van der Waals surface area contributed by atoms with Crippen molar-refractivity contribution in [2.75, 3.05) is 26.2 Å². The number of fused-ring (bicyclic) bond motifs is 1. The lowest BCUT2D eigenvalue weighted by Gasteiger charge is -2.36. The zero-order valence-electron chi connectivity index (χ0n) is 15.7. The number of thiophene rings is 1. The van der Waals surface area contributed by atoms with E-state index in [0.717, 1.165) is 50.2 Å². The zero-order valence-corrected chi connectivity index (χ0v) is 17.3. The maximum absolute atomic E-state index is 13.0. The van der Waals surface area contributed by atoms with Crippen LogP contribution in [0.1, 0.15) is 33.6 Å². The summed E-state index contributed by atoms with van der Waals surface area (Å²) in [5.74, 6) is -0.267. The van der Waals surface area contributed by atoms with E-state index in [0.29, 0.717) is 19.0 Å². The Kier molecular flexibility index (Phi) is 5.55. The molecular formula is C20H25N3O3S2. The van der Waals surface area contributed by atoms with Gasteiger partial charge in [0, 0.05) is 38.1 Å². The third-order valence-corrected chi connectivity index (χ3v) is 8.60. The van der Waals surface area contributed by atoms with Gasteiger partial charge in [0.15, 0.2) is 0 Å². The molecule has 28 heavy (non-hydrogen) atoms. The van der Waals surface area contributed by atoms with Crippen molar-refractivity contribution >= 4 is 27.3 Å². The second kappa shape index (κ2) is 7.94. The summed E-state index contributed by atoms with van der Waals surface area (Å²) in [7, 11) is -3.58. The number of piperidine rings is 1. The van der Waals surface area contributed by atoms with Gasteiger partial charge in [-0.05, 0) is 42.4 Å². The number of carbonyl (C=O) groups is 1. The van der Waals surface area contributed by atoms with Crippen LogP contribution in [0, 0.1) is 5.92 Å². The highest BCUT2D eigenvalue weighted by molar-refractivity contribution is 7.89. The number of benzene rings is 1. The second-order valence-corrected chi connectivity index (χ2v) is 10.5. The molecule has 1 saturated heterocycles. The molecule has 6 nitrogen and oxygen atoms in total. The van der Waals surface area contributed by atoms with Crippen molar-refractivity contribution in [3.05, 3.63) is 51.7 Å². The first kappa shape index (κ1) is 19.6. The molecule has 0 spiro atoms. The zero-order chi connectivity index (χ0) is 19.7. The number of nitrogens with zero attached hydrogens (tertiary/aromatic N) is 2. The van der Waals surface area contributed by atoms with Gasteiger partial charge in [0.1, 0.15) is 0 Å². The van der Waals surface area contributed by atoms with Crippen molar-refractivity contribution in [3.63, 3.8) is 0 Å². The number of amides is 1. The smallest absolute Gasteiger partial charge is 0.258 e. The Morgan fingerprint density at radius 1 is 1.21 bits per heavy atom. The number of primary amides is 1.